The first-order chi connectivity index (χ1) is 8.16. The Labute approximate surface area is 103 Å². The molecule has 1 heterocycles. The zero-order valence-electron chi connectivity index (χ0n) is 10.4. The lowest BCUT2D eigenvalue weighted by atomic mass is 9.97. The molecule has 0 aliphatic carbocycles. The Kier molecular flexibility index (Phi) is 3.55. The lowest BCUT2D eigenvalue weighted by Crippen LogP contribution is -2.14. The third kappa shape index (κ3) is 2.92. The van der Waals surface area contributed by atoms with Gasteiger partial charge in [-0.25, -0.2) is 0 Å². The maximum atomic E-state index is 6.24. The zero-order valence-corrected chi connectivity index (χ0v) is 10.4. The molecule has 1 aromatic heterocycles. The molecule has 2 nitrogen and oxygen atoms in total. The Morgan fingerprint density at radius 2 is 1.82 bits per heavy atom. The summed E-state index contributed by atoms with van der Waals surface area (Å²) in [6, 6.07) is 10.6. The van der Waals surface area contributed by atoms with Gasteiger partial charge >= 0.3 is 0 Å². The fourth-order valence-corrected chi connectivity index (χ4v) is 1.99. The van der Waals surface area contributed by atoms with E-state index in [0.717, 1.165) is 12.0 Å². The van der Waals surface area contributed by atoms with Gasteiger partial charge in [-0.1, -0.05) is 29.8 Å². The Bertz CT molecular complexity index is 489. The van der Waals surface area contributed by atoms with Crippen LogP contribution < -0.4 is 5.73 Å². The van der Waals surface area contributed by atoms with Crippen LogP contribution in [-0.4, -0.2) is 4.98 Å². The Balaban J connectivity index is 2.14. The lowest BCUT2D eigenvalue weighted by Gasteiger charge is -2.14. The number of nitrogens with two attached hydrogens (primary N) is 1. The predicted octanol–water partition coefficient (Wildman–Crippen LogP) is 2.94. The van der Waals surface area contributed by atoms with E-state index in [-0.39, 0.29) is 6.04 Å². The van der Waals surface area contributed by atoms with Gasteiger partial charge < -0.3 is 5.73 Å². The van der Waals surface area contributed by atoms with Crippen molar-refractivity contribution in [3.05, 3.63) is 65.0 Å². The molecule has 0 bridgehead atoms. The Morgan fingerprint density at radius 3 is 2.47 bits per heavy atom. The predicted molar refractivity (Wildman–Crippen MR) is 70.8 cm³/mol. The van der Waals surface area contributed by atoms with Gasteiger partial charge in [0.05, 0.1) is 0 Å². The van der Waals surface area contributed by atoms with Crippen molar-refractivity contribution >= 4 is 0 Å². The fraction of sp³-hybridized carbons (Fsp3) is 0.267. The van der Waals surface area contributed by atoms with E-state index in [1.165, 1.54) is 16.7 Å². The molecule has 0 fully saturated rings. The fourth-order valence-electron chi connectivity index (χ4n) is 1.99. The maximum absolute atomic E-state index is 6.24. The highest BCUT2D eigenvalue weighted by atomic mass is 14.7. The minimum atomic E-state index is 0.0423. The highest BCUT2D eigenvalue weighted by Crippen LogP contribution is 2.18. The van der Waals surface area contributed by atoms with Crippen molar-refractivity contribution < 1.29 is 0 Å². The number of hydrogen-bond donors (Lipinski definition) is 1. The second-order valence-electron chi connectivity index (χ2n) is 4.53. The summed E-state index contributed by atoms with van der Waals surface area (Å²) in [4.78, 5) is 4.09. The largest absolute Gasteiger partial charge is 0.324 e. The lowest BCUT2D eigenvalue weighted by molar-refractivity contribution is 0.714. The van der Waals surface area contributed by atoms with Crippen LogP contribution in [0.25, 0.3) is 0 Å². The number of rotatable bonds is 3. The third-order valence-corrected chi connectivity index (χ3v) is 3.04. The van der Waals surface area contributed by atoms with Crippen LogP contribution in [0, 0.1) is 13.8 Å². The van der Waals surface area contributed by atoms with E-state index in [1.54, 1.807) is 6.20 Å². The van der Waals surface area contributed by atoms with Crippen LogP contribution >= 0.6 is 0 Å². The molecule has 0 amide bonds. The molecule has 0 spiro atoms. The minimum absolute atomic E-state index is 0.0423. The molecular formula is C15H18N2. The van der Waals surface area contributed by atoms with Gasteiger partial charge in [-0.2, -0.15) is 0 Å². The average Bonchev–Trinajstić information content (AvgIpc) is 2.32. The average molecular weight is 226 g/mol. The van der Waals surface area contributed by atoms with E-state index in [1.807, 2.05) is 12.3 Å². The van der Waals surface area contributed by atoms with E-state index >= 15 is 0 Å². The highest BCUT2D eigenvalue weighted by Gasteiger charge is 2.09. The highest BCUT2D eigenvalue weighted by molar-refractivity contribution is 5.28. The number of pyridine rings is 1. The Hall–Kier alpha value is -1.67. The van der Waals surface area contributed by atoms with Gasteiger partial charge in [-0.15, -0.1) is 0 Å². The quantitative estimate of drug-likeness (QED) is 0.874. The second kappa shape index (κ2) is 5.11. The summed E-state index contributed by atoms with van der Waals surface area (Å²) in [7, 11) is 0. The molecule has 1 atom stereocenters. The van der Waals surface area contributed by atoms with Crippen molar-refractivity contribution in [1.82, 2.24) is 4.98 Å². The first kappa shape index (κ1) is 11.8. The molecule has 0 saturated carbocycles. The molecule has 0 radical (unpaired) electrons. The number of benzene rings is 1. The van der Waals surface area contributed by atoms with Crippen molar-refractivity contribution in [3.63, 3.8) is 0 Å². The molecule has 0 aliphatic rings. The molecule has 2 heteroatoms. The van der Waals surface area contributed by atoms with Gasteiger partial charge in [-0.05, 0) is 43.0 Å². The van der Waals surface area contributed by atoms with Crippen LogP contribution in [0.3, 0.4) is 0 Å². The summed E-state index contributed by atoms with van der Waals surface area (Å²) in [6.07, 6.45) is 4.53. The van der Waals surface area contributed by atoms with E-state index in [4.69, 9.17) is 5.73 Å². The van der Waals surface area contributed by atoms with Crippen LogP contribution in [0.2, 0.25) is 0 Å². The van der Waals surface area contributed by atoms with Crippen LogP contribution in [0.4, 0.5) is 0 Å². The van der Waals surface area contributed by atoms with Gasteiger partial charge in [-0.3, -0.25) is 4.98 Å². The van der Waals surface area contributed by atoms with Crippen LogP contribution in [0.1, 0.15) is 28.3 Å². The molecule has 0 saturated heterocycles. The van der Waals surface area contributed by atoms with E-state index in [2.05, 4.69) is 43.1 Å². The molecule has 2 N–H and O–H groups in total. The monoisotopic (exact) mass is 226 g/mol. The first-order valence-corrected chi connectivity index (χ1v) is 5.88. The van der Waals surface area contributed by atoms with Crippen molar-refractivity contribution in [2.75, 3.05) is 0 Å². The Morgan fingerprint density at radius 1 is 1.12 bits per heavy atom. The van der Waals surface area contributed by atoms with E-state index in [0.29, 0.717) is 0 Å². The SMILES string of the molecule is Cc1ccc(CC(N)c2ccncc2C)cc1. The molecule has 17 heavy (non-hydrogen) atoms. The number of nitrogens with zero attached hydrogens (tertiary/aromatic N) is 1. The van der Waals surface area contributed by atoms with Crippen LogP contribution in [0.5, 0.6) is 0 Å². The van der Waals surface area contributed by atoms with E-state index in [9.17, 15) is 0 Å². The molecule has 88 valence electrons. The van der Waals surface area contributed by atoms with Crippen LogP contribution in [0.15, 0.2) is 42.7 Å². The van der Waals surface area contributed by atoms with Gasteiger partial charge in [0.1, 0.15) is 0 Å². The molecule has 2 rings (SSSR count). The van der Waals surface area contributed by atoms with Crippen molar-refractivity contribution in [1.29, 1.82) is 0 Å². The van der Waals surface area contributed by atoms with Gasteiger partial charge in [0, 0.05) is 18.4 Å². The maximum Gasteiger partial charge on any atom is 0.0339 e. The van der Waals surface area contributed by atoms with Gasteiger partial charge in [0.2, 0.25) is 0 Å². The minimum Gasteiger partial charge on any atom is -0.324 e. The third-order valence-electron chi connectivity index (χ3n) is 3.04. The normalized spacial score (nSPS) is 12.4. The molecule has 2 aromatic rings. The summed E-state index contributed by atoms with van der Waals surface area (Å²) >= 11 is 0. The summed E-state index contributed by atoms with van der Waals surface area (Å²) in [5.74, 6) is 0. The molecule has 1 aromatic carbocycles. The number of hydrogen-bond acceptors (Lipinski definition) is 2. The summed E-state index contributed by atoms with van der Waals surface area (Å²) in [5.41, 5.74) is 11.1. The molecular weight excluding hydrogens is 208 g/mol. The standard InChI is InChI=1S/C15H18N2/c1-11-3-5-13(6-4-11)9-15(16)14-7-8-17-10-12(14)2/h3-8,10,15H,9,16H2,1-2H3. The number of aryl methyl sites for hydroxylation is 2. The van der Waals surface area contributed by atoms with Crippen molar-refractivity contribution in [2.45, 2.75) is 26.3 Å². The van der Waals surface area contributed by atoms with Gasteiger partial charge in [0.25, 0.3) is 0 Å². The van der Waals surface area contributed by atoms with Gasteiger partial charge in [0.15, 0.2) is 0 Å². The topological polar surface area (TPSA) is 38.9 Å². The summed E-state index contributed by atoms with van der Waals surface area (Å²) < 4.78 is 0. The number of aromatic nitrogens is 1. The summed E-state index contributed by atoms with van der Waals surface area (Å²) in [6.45, 7) is 4.15. The molecule has 0 aliphatic heterocycles. The smallest absolute Gasteiger partial charge is 0.0339 e. The zero-order chi connectivity index (χ0) is 12.3. The first-order valence-electron chi connectivity index (χ1n) is 5.88. The van der Waals surface area contributed by atoms with Crippen molar-refractivity contribution in [2.24, 2.45) is 5.73 Å². The van der Waals surface area contributed by atoms with E-state index < -0.39 is 0 Å². The van der Waals surface area contributed by atoms with Crippen LogP contribution in [-0.2, 0) is 6.42 Å². The second-order valence-corrected chi connectivity index (χ2v) is 4.53. The van der Waals surface area contributed by atoms with Crippen molar-refractivity contribution in [3.8, 4) is 0 Å². The molecule has 1 unspecified atom stereocenters. The summed E-state index contributed by atoms with van der Waals surface area (Å²) in [5, 5.41) is 0.